The van der Waals surface area contributed by atoms with Gasteiger partial charge in [-0.3, -0.25) is 0 Å². The predicted molar refractivity (Wildman–Crippen MR) is 65.8 cm³/mol. The van der Waals surface area contributed by atoms with Gasteiger partial charge in [0.15, 0.2) is 0 Å². The highest BCUT2D eigenvalue weighted by molar-refractivity contribution is 5.73. The van der Waals surface area contributed by atoms with Crippen LogP contribution in [0, 0.1) is 0 Å². The second-order valence-corrected chi connectivity index (χ2v) is 4.15. The maximum absolute atomic E-state index is 11.3. The van der Waals surface area contributed by atoms with E-state index >= 15 is 0 Å². The van der Waals surface area contributed by atoms with Gasteiger partial charge >= 0.3 is 6.03 Å². The molecule has 2 rings (SSSR count). The fourth-order valence-electron chi connectivity index (χ4n) is 1.97. The molecule has 92 valence electrons. The highest BCUT2D eigenvalue weighted by Crippen LogP contribution is 2.19. The molecule has 4 nitrogen and oxygen atoms in total. The summed E-state index contributed by atoms with van der Waals surface area (Å²) >= 11 is 0. The fraction of sp³-hybridized carbons (Fsp3) is 0.462. The minimum absolute atomic E-state index is 0.0764. The molecular weight excluding hydrogens is 216 g/mol. The molecule has 0 bridgehead atoms. The smallest absolute Gasteiger partial charge is 0.314 e. The van der Waals surface area contributed by atoms with E-state index in [0.717, 1.165) is 6.42 Å². The van der Waals surface area contributed by atoms with Crippen molar-refractivity contribution in [1.82, 2.24) is 10.6 Å². The molecule has 2 N–H and O–H groups in total. The molecule has 1 unspecified atom stereocenters. The quantitative estimate of drug-likeness (QED) is 0.831. The molecule has 2 amide bonds. The lowest BCUT2D eigenvalue weighted by atomic mass is 9.99. The minimum atomic E-state index is -0.130. The first kappa shape index (κ1) is 11.9. The summed E-state index contributed by atoms with van der Waals surface area (Å²) in [5.74, 6) is 0. The molecule has 17 heavy (non-hydrogen) atoms. The summed E-state index contributed by atoms with van der Waals surface area (Å²) in [5, 5.41) is 5.51. The van der Waals surface area contributed by atoms with Gasteiger partial charge in [0.1, 0.15) is 0 Å². The highest BCUT2D eigenvalue weighted by atomic mass is 16.5. The van der Waals surface area contributed by atoms with Crippen molar-refractivity contribution in [2.45, 2.75) is 26.1 Å². The molecule has 1 aromatic carbocycles. The largest absolute Gasteiger partial charge is 0.371 e. The maximum atomic E-state index is 11.3. The first-order valence-corrected chi connectivity index (χ1v) is 5.99. The number of benzene rings is 1. The molecule has 0 aromatic heterocycles. The average molecular weight is 234 g/mol. The average Bonchev–Trinajstić information content (AvgIpc) is 2.36. The van der Waals surface area contributed by atoms with Gasteiger partial charge in [0, 0.05) is 19.5 Å². The van der Waals surface area contributed by atoms with Crippen molar-refractivity contribution in [3.8, 4) is 0 Å². The summed E-state index contributed by atoms with van der Waals surface area (Å²) < 4.78 is 5.69. The van der Waals surface area contributed by atoms with Gasteiger partial charge in [-0.05, 0) is 18.1 Å². The van der Waals surface area contributed by atoms with Gasteiger partial charge in [-0.2, -0.15) is 0 Å². The second kappa shape index (κ2) is 5.68. The molecule has 1 aromatic rings. The minimum Gasteiger partial charge on any atom is -0.371 e. The van der Waals surface area contributed by atoms with Crippen molar-refractivity contribution < 1.29 is 9.53 Å². The van der Waals surface area contributed by atoms with Crippen LogP contribution in [-0.4, -0.2) is 25.2 Å². The Morgan fingerprint density at radius 1 is 1.35 bits per heavy atom. The summed E-state index contributed by atoms with van der Waals surface area (Å²) in [6.07, 6.45) is 0.940. The molecule has 0 saturated carbocycles. The molecule has 0 fully saturated rings. The Labute approximate surface area is 101 Å². The van der Waals surface area contributed by atoms with E-state index < -0.39 is 0 Å². The van der Waals surface area contributed by atoms with Gasteiger partial charge in [0.05, 0.1) is 12.7 Å². The molecular formula is C13H18N2O2. The second-order valence-electron chi connectivity index (χ2n) is 4.15. The van der Waals surface area contributed by atoms with E-state index in [4.69, 9.17) is 4.74 Å². The topological polar surface area (TPSA) is 50.4 Å². The van der Waals surface area contributed by atoms with Gasteiger partial charge in [0.2, 0.25) is 0 Å². The van der Waals surface area contributed by atoms with Crippen molar-refractivity contribution in [2.75, 3.05) is 13.1 Å². The van der Waals surface area contributed by atoms with Crippen molar-refractivity contribution in [1.29, 1.82) is 0 Å². The standard InChI is InChI=1S/C13H18N2O2/c1-2-14-13(16)15-8-12-7-10-5-3-4-6-11(10)9-17-12/h3-6,12H,2,7-9H2,1H3,(H2,14,15,16). The first-order valence-electron chi connectivity index (χ1n) is 5.99. The summed E-state index contributed by atoms with van der Waals surface area (Å²) in [6, 6.07) is 8.14. The number of hydrogen-bond donors (Lipinski definition) is 2. The lowest BCUT2D eigenvalue weighted by molar-refractivity contribution is 0.0305. The number of carbonyl (C=O) groups excluding carboxylic acids is 1. The monoisotopic (exact) mass is 234 g/mol. The Bertz CT molecular complexity index is 393. The van der Waals surface area contributed by atoms with E-state index in [0.29, 0.717) is 19.7 Å². The molecule has 0 radical (unpaired) electrons. The molecule has 1 aliphatic heterocycles. The zero-order valence-electron chi connectivity index (χ0n) is 10.0. The number of rotatable bonds is 3. The molecule has 1 aliphatic rings. The number of ether oxygens (including phenoxy) is 1. The zero-order chi connectivity index (χ0) is 12.1. The number of carbonyl (C=O) groups is 1. The van der Waals surface area contributed by atoms with Crippen LogP contribution in [-0.2, 0) is 17.8 Å². The van der Waals surface area contributed by atoms with E-state index in [1.165, 1.54) is 11.1 Å². The summed E-state index contributed by atoms with van der Waals surface area (Å²) in [4.78, 5) is 11.3. The number of nitrogens with one attached hydrogen (secondary N) is 2. The summed E-state index contributed by atoms with van der Waals surface area (Å²) in [5.41, 5.74) is 2.57. The molecule has 4 heteroatoms. The van der Waals surface area contributed by atoms with Gasteiger partial charge in [-0.1, -0.05) is 24.3 Å². The van der Waals surface area contributed by atoms with E-state index in [2.05, 4.69) is 22.8 Å². The third kappa shape index (κ3) is 3.20. The normalized spacial score (nSPS) is 18.3. The Balaban J connectivity index is 1.84. The molecule has 0 saturated heterocycles. The van der Waals surface area contributed by atoms with Crippen molar-refractivity contribution in [3.63, 3.8) is 0 Å². The third-order valence-electron chi connectivity index (χ3n) is 2.87. The van der Waals surface area contributed by atoms with Crippen molar-refractivity contribution >= 4 is 6.03 Å². The molecule has 1 atom stereocenters. The molecule has 1 heterocycles. The van der Waals surface area contributed by atoms with Gasteiger partial charge in [-0.25, -0.2) is 4.79 Å². The number of fused-ring (bicyclic) bond motifs is 1. The number of hydrogen-bond acceptors (Lipinski definition) is 2. The van der Waals surface area contributed by atoms with Crippen LogP contribution in [0.15, 0.2) is 24.3 Å². The van der Waals surface area contributed by atoms with Gasteiger partial charge in [0.25, 0.3) is 0 Å². The number of amides is 2. The number of urea groups is 1. The third-order valence-corrected chi connectivity index (χ3v) is 2.87. The van der Waals surface area contributed by atoms with Crippen LogP contribution in [0.3, 0.4) is 0 Å². The highest BCUT2D eigenvalue weighted by Gasteiger charge is 2.18. The summed E-state index contributed by atoms with van der Waals surface area (Å²) in [7, 11) is 0. The van der Waals surface area contributed by atoms with E-state index in [1.807, 2.05) is 19.1 Å². The van der Waals surface area contributed by atoms with Crippen molar-refractivity contribution in [2.24, 2.45) is 0 Å². The fourth-order valence-corrected chi connectivity index (χ4v) is 1.97. The zero-order valence-corrected chi connectivity index (χ0v) is 10.0. The Kier molecular flexibility index (Phi) is 3.98. The van der Waals surface area contributed by atoms with Crippen molar-refractivity contribution in [3.05, 3.63) is 35.4 Å². The maximum Gasteiger partial charge on any atom is 0.314 e. The lowest BCUT2D eigenvalue weighted by Gasteiger charge is -2.25. The Morgan fingerprint density at radius 3 is 2.88 bits per heavy atom. The molecule has 0 spiro atoms. The van der Waals surface area contributed by atoms with Crippen LogP contribution in [0.4, 0.5) is 4.79 Å². The predicted octanol–water partition coefficient (Wildman–Crippen LogP) is 1.45. The van der Waals surface area contributed by atoms with Crippen LogP contribution in [0.2, 0.25) is 0 Å². The van der Waals surface area contributed by atoms with Gasteiger partial charge in [-0.15, -0.1) is 0 Å². The van der Waals surface area contributed by atoms with Crippen LogP contribution in [0.5, 0.6) is 0 Å². The van der Waals surface area contributed by atoms with Crippen LogP contribution in [0.25, 0.3) is 0 Å². The van der Waals surface area contributed by atoms with E-state index in [1.54, 1.807) is 0 Å². The Morgan fingerprint density at radius 2 is 2.12 bits per heavy atom. The molecule has 0 aliphatic carbocycles. The van der Waals surface area contributed by atoms with E-state index in [-0.39, 0.29) is 12.1 Å². The summed E-state index contributed by atoms with van der Waals surface area (Å²) in [6.45, 7) is 3.73. The van der Waals surface area contributed by atoms with Crippen LogP contribution < -0.4 is 10.6 Å². The van der Waals surface area contributed by atoms with Gasteiger partial charge < -0.3 is 15.4 Å². The lowest BCUT2D eigenvalue weighted by Crippen LogP contribution is -2.41. The van der Waals surface area contributed by atoms with Crippen LogP contribution in [0.1, 0.15) is 18.1 Å². The SMILES string of the molecule is CCNC(=O)NCC1Cc2ccccc2CO1. The van der Waals surface area contributed by atoms with Crippen LogP contribution >= 0.6 is 0 Å². The van der Waals surface area contributed by atoms with E-state index in [9.17, 15) is 4.79 Å². The first-order chi connectivity index (χ1) is 8.29. The Hall–Kier alpha value is -1.55.